The maximum absolute atomic E-state index is 13.7. The highest BCUT2D eigenvalue weighted by Gasteiger charge is 2.25. The molecule has 0 radical (unpaired) electrons. The topological polar surface area (TPSA) is 84.7 Å². The quantitative estimate of drug-likeness (QED) is 0.379. The molecule has 10 heteroatoms. The summed E-state index contributed by atoms with van der Waals surface area (Å²) >= 11 is 1.39. The minimum atomic E-state index is -0.148. The summed E-state index contributed by atoms with van der Waals surface area (Å²) in [6.07, 6.45) is 2.38. The molecule has 37 heavy (non-hydrogen) atoms. The fraction of sp³-hybridized carbons (Fsp3) is 0.407. The second kappa shape index (κ2) is 12.3. The summed E-state index contributed by atoms with van der Waals surface area (Å²) in [6, 6.07) is 13.0. The third-order valence-corrected chi connectivity index (χ3v) is 7.30. The second-order valence-corrected chi connectivity index (χ2v) is 9.98. The summed E-state index contributed by atoms with van der Waals surface area (Å²) in [5, 5.41) is 1.88. The molecule has 196 valence electrons. The van der Waals surface area contributed by atoms with Crippen LogP contribution in [0.1, 0.15) is 27.4 Å². The van der Waals surface area contributed by atoms with Crippen molar-refractivity contribution < 1.29 is 28.2 Å². The molecular weight excluding hydrogens is 494 g/mol. The minimum Gasteiger partial charge on any atom is -0.467 e. The summed E-state index contributed by atoms with van der Waals surface area (Å²) in [7, 11) is 0. The average molecular weight is 526 g/mol. The Labute approximate surface area is 220 Å². The van der Waals surface area contributed by atoms with Crippen molar-refractivity contribution in [2.45, 2.75) is 19.5 Å². The van der Waals surface area contributed by atoms with E-state index in [1.807, 2.05) is 35.7 Å². The third kappa shape index (κ3) is 6.71. The summed E-state index contributed by atoms with van der Waals surface area (Å²) in [4.78, 5) is 33.4. The van der Waals surface area contributed by atoms with Crippen LogP contribution < -0.4 is 9.47 Å². The van der Waals surface area contributed by atoms with Crippen molar-refractivity contribution in [2.24, 2.45) is 0 Å². The van der Waals surface area contributed by atoms with Gasteiger partial charge in [-0.2, -0.15) is 0 Å². The monoisotopic (exact) mass is 525 g/mol. The molecule has 1 saturated heterocycles. The lowest BCUT2D eigenvalue weighted by molar-refractivity contribution is -0.133. The lowest BCUT2D eigenvalue weighted by Crippen LogP contribution is -2.44. The number of hydrogen-bond donors (Lipinski definition) is 0. The first-order valence-corrected chi connectivity index (χ1v) is 13.4. The number of hydrogen-bond acceptors (Lipinski definition) is 8. The zero-order chi connectivity index (χ0) is 25.5. The van der Waals surface area contributed by atoms with Crippen LogP contribution in [0, 0.1) is 0 Å². The first kappa shape index (κ1) is 25.3. The molecule has 1 aromatic carbocycles. The normalized spacial score (nSPS) is 15.0. The van der Waals surface area contributed by atoms with E-state index in [1.54, 1.807) is 28.2 Å². The van der Waals surface area contributed by atoms with Gasteiger partial charge in [0.2, 0.25) is 12.7 Å². The first-order chi connectivity index (χ1) is 18.2. The summed E-state index contributed by atoms with van der Waals surface area (Å²) < 4.78 is 21.9. The fourth-order valence-corrected chi connectivity index (χ4v) is 5.16. The lowest BCUT2D eigenvalue weighted by atomic mass is 10.1. The molecule has 0 N–H and O–H groups in total. The van der Waals surface area contributed by atoms with E-state index in [-0.39, 0.29) is 25.2 Å². The highest BCUT2D eigenvalue weighted by atomic mass is 32.1. The van der Waals surface area contributed by atoms with Crippen LogP contribution in [0.4, 0.5) is 0 Å². The van der Waals surface area contributed by atoms with E-state index in [1.165, 1.54) is 11.3 Å². The Morgan fingerprint density at radius 1 is 0.973 bits per heavy atom. The van der Waals surface area contributed by atoms with E-state index in [2.05, 4.69) is 4.90 Å². The molecule has 0 atom stereocenters. The predicted octanol–water partition coefficient (Wildman–Crippen LogP) is 3.46. The number of ether oxygens (including phenoxy) is 3. The van der Waals surface area contributed by atoms with Gasteiger partial charge < -0.3 is 28.4 Å². The molecule has 5 rings (SSSR count). The van der Waals surface area contributed by atoms with Crippen molar-refractivity contribution in [3.8, 4) is 11.5 Å². The second-order valence-electron chi connectivity index (χ2n) is 9.03. The van der Waals surface area contributed by atoms with Crippen molar-refractivity contribution in [3.05, 3.63) is 70.3 Å². The number of thiophene rings is 1. The van der Waals surface area contributed by atoms with Crippen LogP contribution in [0.15, 0.2) is 58.5 Å². The molecule has 2 aliphatic rings. The molecule has 2 aliphatic heterocycles. The Kier molecular flexibility index (Phi) is 8.39. The van der Waals surface area contributed by atoms with Gasteiger partial charge in [-0.25, -0.2) is 0 Å². The Morgan fingerprint density at radius 2 is 1.84 bits per heavy atom. The summed E-state index contributed by atoms with van der Waals surface area (Å²) in [5.74, 6) is 1.77. The van der Waals surface area contributed by atoms with E-state index >= 15 is 0 Å². The molecule has 0 spiro atoms. The van der Waals surface area contributed by atoms with Crippen molar-refractivity contribution in [3.63, 3.8) is 0 Å². The number of morpholine rings is 1. The van der Waals surface area contributed by atoms with Gasteiger partial charge >= 0.3 is 0 Å². The zero-order valence-electron chi connectivity index (χ0n) is 20.7. The van der Waals surface area contributed by atoms with E-state index < -0.39 is 0 Å². The number of fused-ring (bicyclic) bond motifs is 1. The predicted molar refractivity (Wildman–Crippen MR) is 138 cm³/mol. The van der Waals surface area contributed by atoms with Crippen LogP contribution >= 0.6 is 11.3 Å². The van der Waals surface area contributed by atoms with Gasteiger partial charge in [0.05, 0.1) is 30.9 Å². The highest BCUT2D eigenvalue weighted by molar-refractivity contribution is 7.12. The van der Waals surface area contributed by atoms with Crippen molar-refractivity contribution >= 4 is 23.2 Å². The van der Waals surface area contributed by atoms with Gasteiger partial charge in [-0.3, -0.25) is 14.5 Å². The summed E-state index contributed by atoms with van der Waals surface area (Å²) in [5.41, 5.74) is 0.910. The third-order valence-electron chi connectivity index (χ3n) is 6.44. The first-order valence-electron chi connectivity index (χ1n) is 12.5. The lowest BCUT2D eigenvalue weighted by Gasteiger charge is -2.29. The number of furan rings is 1. The Bertz CT molecular complexity index is 1160. The largest absolute Gasteiger partial charge is 0.467 e. The van der Waals surface area contributed by atoms with E-state index in [0.717, 1.165) is 44.8 Å². The molecule has 0 aliphatic carbocycles. The molecular formula is C27H31N3O6S. The number of carbonyl (C=O) groups excluding carboxylic acids is 2. The SMILES string of the molecule is O=C(CN(CCCN1CCOCC1)C(=O)c1cccs1)N(Cc1ccc2c(c1)OCO2)Cc1ccco1. The van der Waals surface area contributed by atoms with Gasteiger partial charge in [-0.15, -0.1) is 11.3 Å². The molecule has 2 amide bonds. The number of benzene rings is 1. The molecule has 4 heterocycles. The smallest absolute Gasteiger partial charge is 0.264 e. The highest BCUT2D eigenvalue weighted by Crippen LogP contribution is 2.33. The van der Waals surface area contributed by atoms with Crippen LogP contribution in [0.25, 0.3) is 0 Å². The number of rotatable bonds is 11. The van der Waals surface area contributed by atoms with E-state index in [9.17, 15) is 9.59 Å². The maximum Gasteiger partial charge on any atom is 0.264 e. The fourth-order valence-electron chi connectivity index (χ4n) is 4.46. The number of carbonyl (C=O) groups is 2. The molecule has 2 aromatic heterocycles. The molecule has 0 saturated carbocycles. The average Bonchev–Trinajstić information content (AvgIpc) is 3.71. The Balaban J connectivity index is 1.29. The molecule has 0 bridgehead atoms. The van der Waals surface area contributed by atoms with Gasteiger partial charge in [0, 0.05) is 32.7 Å². The van der Waals surface area contributed by atoms with Gasteiger partial charge in [-0.1, -0.05) is 12.1 Å². The van der Waals surface area contributed by atoms with E-state index in [4.69, 9.17) is 18.6 Å². The Morgan fingerprint density at radius 3 is 2.62 bits per heavy atom. The van der Waals surface area contributed by atoms with Crippen molar-refractivity contribution in [1.29, 1.82) is 0 Å². The van der Waals surface area contributed by atoms with Crippen molar-refractivity contribution in [2.75, 3.05) is 52.7 Å². The van der Waals surface area contributed by atoms with Gasteiger partial charge in [-0.05, 0) is 47.7 Å². The number of nitrogens with zero attached hydrogens (tertiary/aromatic N) is 3. The molecule has 3 aromatic rings. The minimum absolute atomic E-state index is 0.00882. The zero-order valence-corrected chi connectivity index (χ0v) is 21.5. The van der Waals surface area contributed by atoms with E-state index in [0.29, 0.717) is 41.8 Å². The van der Waals surface area contributed by atoms with Crippen LogP contribution in [-0.4, -0.2) is 79.2 Å². The Hall–Kier alpha value is -3.34. The van der Waals surface area contributed by atoms with Crippen LogP contribution in [0.5, 0.6) is 11.5 Å². The number of amides is 2. The van der Waals surface area contributed by atoms with Crippen LogP contribution in [0.3, 0.4) is 0 Å². The maximum atomic E-state index is 13.7. The van der Waals surface area contributed by atoms with Crippen LogP contribution in [-0.2, 0) is 22.6 Å². The van der Waals surface area contributed by atoms with Gasteiger partial charge in [0.1, 0.15) is 12.3 Å². The van der Waals surface area contributed by atoms with Crippen LogP contribution in [0.2, 0.25) is 0 Å². The standard InChI is InChI=1S/C27H31N3O6S/c31-26(19-29(27(32)25-5-2-15-37-25)9-3-8-28-10-13-33-14-11-28)30(18-22-4-1-12-34-22)17-21-6-7-23-24(16-21)36-20-35-23/h1-2,4-7,12,15-16H,3,8-11,13-14,17-20H2. The van der Waals surface area contributed by atoms with Gasteiger partial charge in [0.25, 0.3) is 5.91 Å². The summed E-state index contributed by atoms with van der Waals surface area (Å²) in [6.45, 7) is 5.45. The van der Waals surface area contributed by atoms with Gasteiger partial charge in [0.15, 0.2) is 11.5 Å². The molecule has 1 fully saturated rings. The molecule has 0 unspecified atom stereocenters. The van der Waals surface area contributed by atoms with Crippen molar-refractivity contribution in [1.82, 2.24) is 14.7 Å². The molecule has 9 nitrogen and oxygen atoms in total.